The lowest BCUT2D eigenvalue weighted by atomic mass is 10.0. The first-order valence-electron chi connectivity index (χ1n) is 17.8. The summed E-state index contributed by atoms with van der Waals surface area (Å²) in [6.45, 7) is 5.76. The lowest BCUT2D eigenvalue weighted by molar-refractivity contribution is 0.414. The second kappa shape index (κ2) is 27.7. The fourth-order valence-electron chi connectivity index (χ4n) is 5.96. The van der Waals surface area contributed by atoms with Gasteiger partial charge in [-0.2, -0.15) is 0 Å². The van der Waals surface area contributed by atoms with Gasteiger partial charge in [-0.15, -0.1) is 37.2 Å². The monoisotopic (exact) mass is 759 g/mol. The molecule has 4 aromatic rings. The van der Waals surface area contributed by atoms with Crippen LogP contribution in [0.25, 0.3) is 0 Å². The van der Waals surface area contributed by atoms with Gasteiger partial charge >= 0.3 is 0 Å². The lowest BCUT2D eigenvalue weighted by Crippen LogP contribution is -2.19. The average Bonchev–Trinajstić information content (AvgIpc) is 3.13. The van der Waals surface area contributed by atoms with Crippen molar-refractivity contribution >= 4 is 37.2 Å². The summed E-state index contributed by atoms with van der Waals surface area (Å²) >= 11 is 0. The predicted octanol–water partition coefficient (Wildman–Crippen LogP) is 9.32. The molecule has 0 aromatic heterocycles. The Morgan fingerprint density at radius 2 is 0.608 bits per heavy atom. The van der Waals surface area contributed by atoms with Crippen LogP contribution in [0, 0.1) is 0 Å². The number of ether oxygens (including phenoxy) is 3. The molecular formula is C42H60Cl3N3O3. The molecule has 0 aliphatic heterocycles. The molecule has 6 nitrogen and oxygen atoms in total. The Morgan fingerprint density at radius 1 is 0.353 bits per heavy atom. The van der Waals surface area contributed by atoms with Crippen molar-refractivity contribution in [1.82, 2.24) is 16.0 Å². The van der Waals surface area contributed by atoms with Crippen molar-refractivity contribution in [2.75, 3.05) is 41.0 Å². The largest absolute Gasteiger partial charge is 0.497 e. The quantitative estimate of drug-likeness (QED) is 0.0620. The average molecular weight is 761 g/mol. The molecule has 0 atom stereocenters. The van der Waals surface area contributed by atoms with Crippen LogP contribution in [0.3, 0.4) is 0 Å². The van der Waals surface area contributed by atoms with E-state index in [4.69, 9.17) is 14.2 Å². The maximum atomic E-state index is 5.28. The SMILES string of the molecule is COc1ccc(CCCCNCc2cc(CNCCCCc3ccc(OC)cc3)cc(CNCCCCc3ccc(OC)cc3)c2)cc1.Cl.Cl.Cl. The third kappa shape index (κ3) is 18.4. The number of hydrogen-bond donors (Lipinski definition) is 3. The second-order valence-corrected chi connectivity index (χ2v) is 12.6. The van der Waals surface area contributed by atoms with Gasteiger partial charge in [-0.25, -0.2) is 0 Å². The molecule has 0 saturated heterocycles. The maximum absolute atomic E-state index is 5.28. The first kappa shape index (κ1) is 46.1. The van der Waals surface area contributed by atoms with Gasteiger partial charge in [-0.3, -0.25) is 0 Å². The molecule has 0 aliphatic rings. The summed E-state index contributed by atoms with van der Waals surface area (Å²) in [6, 6.07) is 32.4. The third-order valence-electron chi connectivity index (χ3n) is 8.78. The van der Waals surface area contributed by atoms with Gasteiger partial charge in [0, 0.05) is 19.6 Å². The van der Waals surface area contributed by atoms with Crippen LogP contribution < -0.4 is 30.2 Å². The van der Waals surface area contributed by atoms with E-state index in [1.54, 1.807) is 21.3 Å². The molecule has 0 bridgehead atoms. The van der Waals surface area contributed by atoms with Crippen LogP contribution in [0.1, 0.15) is 71.9 Å². The van der Waals surface area contributed by atoms with Crippen molar-refractivity contribution in [2.45, 2.75) is 77.4 Å². The molecule has 0 aliphatic carbocycles. The minimum atomic E-state index is 0. The number of hydrogen-bond acceptors (Lipinski definition) is 6. The summed E-state index contributed by atoms with van der Waals surface area (Å²) in [5.41, 5.74) is 8.19. The number of unbranched alkanes of at least 4 members (excludes halogenated alkanes) is 3. The Labute approximate surface area is 326 Å². The summed E-state index contributed by atoms with van der Waals surface area (Å²) in [6.07, 6.45) is 10.3. The number of rotatable bonds is 24. The summed E-state index contributed by atoms with van der Waals surface area (Å²) < 4.78 is 15.8. The fourth-order valence-corrected chi connectivity index (χ4v) is 5.96. The molecule has 3 N–H and O–H groups in total. The van der Waals surface area contributed by atoms with Crippen LogP contribution in [0.2, 0.25) is 0 Å². The molecule has 0 amide bonds. The second-order valence-electron chi connectivity index (χ2n) is 12.6. The normalized spacial score (nSPS) is 10.4. The number of benzene rings is 4. The Bertz CT molecular complexity index is 1250. The molecular weight excluding hydrogens is 701 g/mol. The molecule has 0 saturated carbocycles. The summed E-state index contributed by atoms with van der Waals surface area (Å²) in [7, 11) is 5.14. The molecule has 0 heterocycles. The van der Waals surface area contributed by atoms with E-state index in [0.29, 0.717) is 0 Å². The van der Waals surface area contributed by atoms with E-state index in [1.807, 2.05) is 36.4 Å². The van der Waals surface area contributed by atoms with E-state index in [1.165, 1.54) is 52.6 Å². The first-order chi connectivity index (χ1) is 23.6. The fraction of sp³-hybridized carbons (Fsp3) is 0.429. The summed E-state index contributed by atoms with van der Waals surface area (Å²) in [5.74, 6) is 2.76. The van der Waals surface area contributed by atoms with Crippen molar-refractivity contribution < 1.29 is 14.2 Å². The molecule has 0 radical (unpaired) electrons. The van der Waals surface area contributed by atoms with Crippen LogP contribution in [0.4, 0.5) is 0 Å². The van der Waals surface area contributed by atoms with Crippen molar-refractivity contribution in [2.24, 2.45) is 0 Å². The minimum absolute atomic E-state index is 0. The van der Waals surface area contributed by atoms with Crippen molar-refractivity contribution in [3.63, 3.8) is 0 Å². The van der Waals surface area contributed by atoms with Crippen LogP contribution >= 0.6 is 37.2 Å². The number of nitrogens with one attached hydrogen (secondary N) is 3. The van der Waals surface area contributed by atoms with Crippen LogP contribution in [0.15, 0.2) is 91.0 Å². The lowest BCUT2D eigenvalue weighted by Gasteiger charge is -2.13. The highest BCUT2D eigenvalue weighted by Gasteiger charge is 2.04. The van der Waals surface area contributed by atoms with Gasteiger partial charge < -0.3 is 30.2 Å². The Kier molecular flexibility index (Phi) is 25.0. The third-order valence-corrected chi connectivity index (χ3v) is 8.78. The van der Waals surface area contributed by atoms with Gasteiger partial charge in [0.1, 0.15) is 17.2 Å². The highest BCUT2D eigenvalue weighted by Crippen LogP contribution is 2.16. The number of aryl methyl sites for hydroxylation is 3. The predicted molar refractivity (Wildman–Crippen MR) is 221 cm³/mol. The summed E-state index contributed by atoms with van der Waals surface area (Å²) in [5, 5.41) is 11.1. The molecule has 282 valence electrons. The minimum Gasteiger partial charge on any atom is -0.497 e. The van der Waals surface area contributed by atoms with Crippen molar-refractivity contribution in [3.05, 3.63) is 124 Å². The van der Waals surface area contributed by atoms with Crippen LogP contribution in [-0.4, -0.2) is 41.0 Å². The Hall–Kier alpha value is -2.97. The topological polar surface area (TPSA) is 63.8 Å². The van der Waals surface area contributed by atoms with E-state index in [9.17, 15) is 0 Å². The van der Waals surface area contributed by atoms with Gasteiger partial charge in [0.2, 0.25) is 0 Å². The summed E-state index contributed by atoms with van der Waals surface area (Å²) in [4.78, 5) is 0. The van der Waals surface area contributed by atoms with Gasteiger partial charge in [-0.05, 0) is 147 Å². The van der Waals surface area contributed by atoms with Crippen LogP contribution in [-0.2, 0) is 38.9 Å². The van der Waals surface area contributed by atoms with Crippen molar-refractivity contribution in [1.29, 1.82) is 0 Å². The molecule has 4 aromatic carbocycles. The number of methoxy groups -OCH3 is 3. The standard InChI is InChI=1S/C42H57N3O3.3ClH/c1-46-40-19-13-34(14-20-40)10-4-7-25-43-31-37-28-38(32-44-26-8-5-11-35-15-21-41(47-2)22-16-35)30-39(29-37)33-45-27-9-6-12-36-17-23-42(48-3)24-18-36;;;/h13-24,28-30,43-45H,4-12,25-27,31-33H2,1-3H3;3*1H. The van der Waals surface area contributed by atoms with E-state index in [-0.39, 0.29) is 37.2 Å². The van der Waals surface area contributed by atoms with Gasteiger partial charge in [-0.1, -0.05) is 54.6 Å². The van der Waals surface area contributed by atoms with E-state index < -0.39 is 0 Å². The molecule has 0 spiro atoms. The zero-order valence-corrected chi connectivity index (χ0v) is 33.2. The smallest absolute Gasteiger partial charge is 0.118 e. The van der Waals surface area contributed by atoms with Gasteiger partial charge in [0.05, 0.1) is 21.3 Å². The van der Waals surface area contributed by atoms with E-state index in [2.05, 4.69) is 70.5 Å². The molecule has 9 heteroatoms. The van der Waals surface area contributed by atoms with Crippen molar-refractivity contribution in [3.8, 4) is 17.2 Å². The Balaban J connectivity index is 0.00000433. The molecule has 0 fully saturated rings. The maximum Gasteiger partial charge on any atom is 0.118 e. The van der Waals surface area contributed by atoms with Gasteiger partial charge in [0.15, 0.2) is 0 Å². The molecule has 0 unspecified atom stereocenters. The zero-order valence-electron chi connectivity index (χ0n) is 30.7. The zero-order chi connectivity index (χ0) is 33.7. The molecule has 4 rings (SSSR count). The molecule has 51 heavy (non-hydrogen) atoms. The number of halogens is 3. The Morgan fingerprint density at radius 3 is 0.843 bits per heavy atom. The first-order valence-corrected chi connectivity index (χ1v) is 17.8. The van der Waals surface area contributed by atoms with Crippen LogP contribution in [0.5, 0.6) is 17.2 Å². The highest BCUT2D eigenvalue weighted by molar-refractivity contribution is 5.86. The van der Waals surface area contributed by atoms with E-state index >= 15 is 0 Å². The van der Waals surface area contributed by atoms with Gasteiger partial charge in [0.25, 0.3) is 0 Å². The highest BCUT2D eigenvalue weighted by atomic mass is 35.5. The van der Waals surface area contributed by atoms with E-state index in [0.717, 1.165) is 95.0 Å².